The van der Waals surface area contributed by atoms with Crippen molar-refractivity contribution in [3.8, 4) is 11.1 Å². The van der Waals surface area contributed by atoms with Crippen molar-refractivity contribution in [2.75, 3.05) is 0 Å². The molecule has 28 heavy (non-hydrogen) atoms. The number of carbonyl (C=O) groups is 1. The summed E-state index contributed by atoms with van der Waals surface area (Å²) in [6.07, 6.45) is -0.785. The first kappa shape index (κ1) is 20.4. The molecule has 2 aromatic carbocycles. The highest BCUT2D eigenvalue weighted by atomic mass is 19.4. The van der Waals surface area contributed by atoms with Crippen molar-refractivity contribution in [1.29, 1.82) is 0 Å². The van der Waals surface area contributed by atoms with Gasteiger partial charge in [-0.05, 0) is 65.5 Å². The molecular formula is C23H25F3O2. The first-order valence-electron chi connectivity index (χ1n) is 9.74. The molecule has 0 radical (unpaired) electrons. The maximum absolute atomic E-state index is 12.8. The lowest BCUT2D eigenvalue weighted by atomic mass is 9.85. The summed E-state index contributed by atoms with van der Waals surface area (Å²) < 4.78 is 38.5. The molecule has 1 fully saturated rings. The van der Waals surface area contributed by atoms with Gasteiger partial charge in [-0.25, -0.2) is 0 Å². The predicted octanol–water partition coefficient (Wildman–Crippen LogP) is 6.85. The molecule has 1 aliphatic carbocycles. The first-order chi connectivity index (χ1) is 13.2. The number of halogens is 3. The van der Waals surface area contributed by atoms with Gasteiger partial charge in [0.15, 0.2) is 0 Å². The number of rotatable bonds is 7. The van der Waals surface area contributed by atoms with Crippen LogP contribution in [0.15, 0.2) is 42.5 Å². The average Bonchev–Trinajstić information content (AvgIpc) is 3.50. The van der Waals surface area contributed by atoms with Gasteiger partial charge in [0.25, 0.3) is 0 Å². The Labute approximate surface area is 163 Å². The summed E-state index contributed by atoms with van der Waals surface area (Å²) in [5, 5.41) is 9.78. The van der Waals surface area contributed by atoms with E-state index in [4.69, 9.17) is 0 Å². The van der Waals surface area contributed by atoms with Gasteiger partial charge in [0.1, 0.15) is 0 Å². The molecule has 1 N–H and O–H groups in total. The minimum absolute atomic E-state index is 0.278. The van der Waals surface area contributed by atoms with Gasteiger partial charge < -0.3 is 5.11 Å². The number of alkyl halides is 3. The first-order valence-corrected chi connectivity index (χ1v) is 9.74. The standard InChI is InChI=1S/C23H25F3O2/c1-3-14(2)10-21(22(27)28)19-12-17(15-4-5-15)11-18(13-19)16-6-8-20(9-7-16)23(24,25)26/h6-9,11-15,21H,3-5,10H2,1-2H3,(H,27,28). The Balaban J connectivity index is 2.01. The van der Waals surface area contributed by atoms with E-state index in [-0.39, 0.29) is 5.92 Å². The monoisotopic (exact) mass is 390 g/mol. The van der Waals surface area contributed by atoms with Crippen LogP contribution in [-0.2, 0) is 11.0 Å². The summed E-state index contributed by atoms with van der Waals surface area (Å²) in [5.74, 6) is -0.764. The molecule has 5 heteroatoms. The number of benzene rings is 2. The largest absolute Gasteiger partial charge is 0.481 e. The second-order valence-corrected chi connectivity index (χ2v) is 7.88. The summed E-state index contributed by atoms with van der Waals surface area (Å²) in [5.41, 5.74) is 2.60. The number of hydrogen-bond donors (Lipinski definition) is 1. The normalized spacial score (nSPS) is 16.6. The van der Waals surface area contributed by atoms with Crippen LogP contribution in [0.3, 0.4) is 0 Å². The van der Waals surface area contributed by atoms with Crippen LogP contribution in [0, 0.1) is 5.92 Å². The van der Waals surface area contributed by atoms with E-state index in [1.54, 1.807) is 0 Å². The Morgan fingerprint density at radius 1 is 1.11 bits per heavy atom. The van der Waals surface area contributed by atoms with Gasteiger partial charge in [0.2, 0.25) is 0 Å². The zero-order valence-corrected chi connectivity index (χ0v) is 16.1. The second-order valence-electron chi connectivity index (χ2n) is 7.88. The summed E-state index contributed by atoms with van der Waals surface area (Å²) >= 11 is 0. The number of hydrogen-bond acceptors (Lipinski definition) is 1. The Hall–Kier alpha value is -2.30. The molecule has 150 valence electrons. The van der Waals surface area contributed by atoms with E-state index in [0.29, 0.717) is 17.9 Å². The number of carboxylic acids is 1. The molecule has 0 saturated heterocycles. The minimum atomic E-state index is -4.37. The lowest BCUT2D eigenvalue weighted by Crippen LogP contribution is -2.15. The Morgan fingerprint density at radius 2 is 1.75 bits per heavy atom. The van der Waals surface area contributed by atoms with Crippen molar-refractivity contribution in [2.45, 2.75) is 57.5 Å². The molecule has 2 unspecified atom stereocenters. The maximum Gasteiger partial charge on any atom is 0.416 e. The highest BCUT2D eigenvalue weighted by molar-refractivity contribution is 5.78. The smallest absolute Gasteiger partial charge is 0.416 e. The van der Waals surface area contributed by atoms with Crippen molar-refractivity contribution in [1.82, 2.24) is 0 Å². The molecule has 2 aromatic rings. The van der Waals surface area contributed by atoms with Crippen LogP contribution in [0.2, 0.25) is 0 Å². The molecular weight excluding hydrogens is 365 g/mol. The van der Waals surface area contributed by atoms with Crippen LogP contribution in [-0.4, -0.2) is 11.1 Å². The third kappa shape index (κ3) is 4.75. The highest BCUT2D eigenvalue weighted by Gasteiger charge is 2.31. The molecule has 1 saturated carbocycles. The fourth-order valence-corrected chi connectivity index (χ4v) is 3.50. The molecule has 0 heterocycles. The van der Waals surface area contributed by atoms with Crippen LogP contribution in [0.4, 0.5) is 13.2 Å². The molecule has 0 aromatic heterocycles. The van der Waals surface area contributed by atoms with E-state index in [0.717, 1.165) is 48.1 Å². The predicted molar refractivity (Wildman–Crippen MR) is 103 cm³/mol. The molecule has 0 aliphatic heterocycles. The quantitative estimate of drug-likeness (QED) is 0.561. The number of aliphatic carboxylic acids is 1. The van der Waals surface area contributed by atoms with Gasteiger partial charge in [-0.2, -0.15) is 13.2 Å². The molecule has 0 bridgehead atoms. The van der Waals surface area contributed by atoms with Crippen LogP contribution in [0.25, 0.3) is 11.1 Å². The van der Waals surface area contributed by atoms with E-state index in [2.05, 4.69) is 0 Å². The van der Waals surface area contributed by atoms with Gasteiger partial charge in [-0.3, -0.25) is 4.79 Å². The maximum atomic E-state index is 12.8. The van der Waals surface area contributed by atoms with Crippen molar-refractivity contribution in [3.63, 3.8) is 0 Å². The minimum Gasteiger partial charge on any atom is -0.481 e. The topological polar surface area (TPSA) is 37.3 Å². The SMILES string of the molecule is CCC(C)CC(C(=O)O)c1cc(-c2ccc(C(F)(F)F)cc2)cc(C2CC2)c1. The lowest BCUT2D eigenvalue weighted by Gasteiger charge is -2.19. The van der Waals surface area contributed by atoms with Gasteiger partial charge in [0, 0.05) is 0 Å². The van der Waals surface area contributed by atoms with Gasteiger partial charge in [-0.1, -0.05) is 50.6 Å². The lowest BCUT2D eigenvalue weighted by molar-refractivity contribution is -0.139. The molecule has 2 atom stereocenters. The van der Waals surface area contributed by atoms with E-state index in [1.807, 2.05) is 32.0 Å². The van der Waals surface area contributed by atoms with Crippen molar-refractivity contribution < 1.29 is 23.1 Å². The van der Waals surface area contributed by atoms with Crippen LogP contribution in [0.1, 0.15) is 68.1 Å². The van der Waals surface area contributed by atoms with Crippen molar-refractivity contribution >= 4 is 5.97 Å². The Morgan fingerprint density at radius 3 is 2.25 bits per heavy atom. The molecule has 0 spiro atoms. The van der Waals surface area contributed by atoms with Crippen LogP contribution >= 0.6 is 0 Å². The van der Waals surface area contributed by atoms with Gasteiger partial charge in [-0.15, -0.1) is 0 Å². The summed E-state index contributed by atoms with van der Waals surface area (Å²) in [6.45, 7) is 4.08. The zero-order valence-electron chi connectivity index (χ0n) is 16.1. The third-order valence-corrected chi connectivity index (χ3v) is 5.61. The summed E-state index contributed by atoms with van der Waals surface area (Å²) in [7, 11) is 0. The van der Waals surface area contributed by atoms with Crippen LogP contribution in [0.5, 0.6) is 0 Å². The van der Waals surface area contributed by atoms with Crippen molar-refractivity contribution in [2.24, 2.45) is 5.92 Å². The van der Waals surface area contributed by atoms with Gasteiger partial charge >= 0.3 is 12.1 Å². The average molecular weight is 390 g/mol. The second kappa shape index (κ2) is 7.98. The molecule has 0 amide bonds. The molecule has 1 aliphatic rings. The van der Waals surface area contributed by atoms with Crippen molar-refractivity contribution in [3.05, 3.63) is 59.2 Å². The summed E-state index contributed by atoms with van der Waals surface area (Å²) in [6, 6.07) is 10.9. The zero-order chi connectivity index (χ0) is 20.5. The fourth-order valence-electron chi connectivity index (χ4n) is 3.50. The van der Waals surface area contributed by atoms with E-state index >= 15 is 0 Å². The Kier molecular flexibility index (Phi) is 5.82. The molecule has 3 rings (SSSR count). The third-order valence-electron chi connectivity index (χ3n) is 5.61. The van der Waals surface area contributed by atoms with E-state index in [9.17, 15) is 23.1 Å². The fraction of sp³-hybridized carbons (Fsp3) is 0.435. The number of carboxylic acid groups (broad SMARTS) is 1. The molecule has 2 nitrogen and oxygen atoms in total. The van der Waals surface area contributed by atoms with E-state index in [1.165, 1.54) is 12.1 Å². The van der Waals surface area contributed by atoms with Gasteiger partial charge in [0.05, 0.1) is 11.5 Å². The highest BCUT2D eigenvalue weighted by Crippen LogP contribution is 2.43. The van der Waals surface area contributed by atoms with E-state index < -0.39 is 23.6 Å². The Bertz CT molecular complexity index is 836. The van der Waals surface area contributed by atoms with Crippen LogP contribution < -0.4 is 0 Å². The summed E-state index contributed by atoms with van der Waals surface area (Å²) in [4.78, 5) is 11.9.